The zero-order chi connectivity index (χ0) is 26.4. The minimum absolute atomic E-state index is 0.0646. The number of nitrogens with one attached hydrogen (secondary N) is 2. The van der Waals surface area contributed by atoms with E-state index in [4.69, 9.17) is 15.9 Å². The molecular weight excluding hydrogens is 482 g/mol. The number of amides is 1. The minimum atomic E-state index is -0.605. The highest BCUT2D eigenvalue weighted by molar-refractivity contribution is 7.17. The lowest BCUT2D eigenvalue weighted by Gasteiger charge is -2.21. The average molecular weight is 512 g/mol. The molecule has 4 rings (SSSR count). The van der Waals surface area contributed by atoms with Gasteiger partial charge < -0.3 is 26.3 Å². The maximum absolute atomic E-state index is 13.4. The standard InChI is InChI=1S/C30H29N3O3S/c1-19-7-3-4-8-20(15-19)25(32)17-26(24-9-5-6-10-27(24)34)33-30(35)29-14-13-28(37-29)23-12-11-22(36-2)16-21(23)18-31/h3-16,26,32,34H,1,17-18,31H2,2H3,(H,33,35). The van der Waals surface area contributed by atoms with Gasteiger partial charge in [0.25, 0.3) is 5.91 Å². The zero-order valence-electron chi connectivity index (χ0n) is 20.5. The van der Waals surface area contributed by atoms with Crippen molar-refractivity contribution in [1.82, 2.24) is 5.32 Å². The van der Waals surface area contributed by atoms with Gasteiger partial charge in [0.1, 0.15) is 11.5 Å². The molecule has 7 heteroatoms. The fraction of sp³-hybridized carbons (Fsp3) is 0.133. The van der Waals surface area contributed by atoms with E-state index in [2.05, 4.69) is 11.9 Å². The number of benzene rings is 2. The Morgan fingerprint density at radius 3 is 2.70 bits per heavy atom. The van der Waals surface area contributed by atoms with Crippen molar-refractivity contribution in [3.05, 3.63) is 119 Å². The molecule has 188 valence electrons. The summed E-state index contributed by atoms with van der Waals surface area (Å²) in [6.07, 6.45) is 9.47. The summed E-state index contributed by atoms with van der Waals surface area (Å²) in [6, 6.07) is 15.6. The summed E-state index contributed by atoms with van der Waals surface area (Å²) in [5.41, 5.74) is 10.2. The van der Waals surface area contributed by atoms with Gasteiger partial charge in [-0.3, -0.25) is 4.79 Å². The first-order valence-electron chi connectivity index (χ1n) is 11.8. The molecule has 0 saturated heterocycles. The van der Waals surface area contributed by atoms with E-state index >= 15 is 0 Å². The van der Waals surface area contributed by atoms with Crippen molar-refractivity contribution in [3.63, 3.8) is 0 Å². The number of carbonyl (C=O) groups excluding carboxylic acids is 1. The first-order chi connectivity index (χ1) is 17.9. The van der Waals surface area contributed by atoms with Gasteiger partial charge in [0.05, 0.1) is 18.0 Å². The summed E-state index contributed by atoms with van der Waals surface area (Å²) in [6.45, 7) is 4.32. The molecule has 0 spiro atoms. The number of thiophene rings is 1. The normalized spacial score (nSPS) is 13.6. The Hall–Kier alpha value is -4.20. The molecule has 37 heavy (non-hydrogen) atoms. The van der Waals surface area contributed by atoms with Crippen LogP contribution >= 0.6 is 11.3 Å². The lowest BCUT2D eigenvalue weighted by molar-refractivity contribution is 0.0941. The Morgan fingerprint density at radius 2 is 1.95 bits per heavy atom. The van der Waals surface area contributed by atoms with Crippen molar-refractivity contribution in [2.75, 3.05) is 7.11 Å². The maximum Gasteiger partial charge on any atom is 0.261 e. The second kappa shape index (κ2) is 11.7. The highest BCUT2D eigenvalue weighted by Crippen LogP contribution is 2.34. The van der Waals surface area contributed by atoms with E-state index in [-0.39, 0.29) is 18.1 Å². The number of nitrogens with two attached hydrogens (primary N) is 1. The third-order valence-electron chi connectivity index (χ3n) is 6.04. The topological polar surface area (TPSA) is 108 Å². The monoisotopic (exact) mass is 511 g/mol. The summed E-state index contributed by atoms with van der Waals surface area (Å²) in [5, 5.41) is 22.3. The summed E-state index contributed by atoms with van der Waals surface area (Å²) in [7, 11) is 1.61. The SMILES string of the molecule is C=C1C=CC=CC(C(=N)CC(NC(=O)c2ccc(-c3ccc(OC)cc3CN)s2)c2ccccc2O)=C1. The van der Waals surface area contributed by atoms with Crippen molar-refractivity contribution in [1.29, 1.82) is 5.41 Å². The number of carbonyl (C=O) groups is 1. The Balaban J connectivity index is 1.59. The van der Waals surface area contributed by atoms with E-state index in [1.807, 2.05) is 54.6 Å². The number of ether oxygens (including phenoxy) is 1. The Kier molecular flexibility index (Phi) is 8.18. The molecule has 6 nitrogen and oxygen atoms in total. The van der Waals surface area contributed by atoms with Gasteiger partial charge in [0.2, 0.25) is 0 Å². The lowest BCUT2D eigenvalue weighted by atomic mass is 9.95. The quantitative estimate of drug-likeness (QED) is 0.261. The van der Waals surface area contributed by atoms with Gasteiger partial charge >= 0.3 is 0 Å². The number of para-hydroxylation sites is 1. The van der Waals surface area contributed by atoms with E-state index in [9.17, 15) is 9.90 Å². The predicted molar refractivity (Wildman–Crippen MR) is 150 cm³/mol. The Morgan fingerprint density at radius 1 is 1.16 bits per heavy atom. The molecule has 3 aromatic rings. The number of phenolic OH excluding ortho intramolecular Hbond substituents is 1. The van der Waals surface area contributed by atoms with Gasteiger partial charge in [-0.15, -0.1) is 11.3 Å². The van der Waals surface area contributed by atoms with Gasteiger partial charge in [0.15, 0.2) is 0 Å². The third-order valence-corrected chi connectivity index (χ3v) is 7.16. The second-order valence-corrected chi connectivity index (χ2v) is 9.64. The fourth-order valence-corrected chi connectivity index (χ4v) is 5.08. The molecular formula is C30H29N3O3S. The number of rotatable bonds is 9. The molecule has 0 aliphatic heterocycles. The van der Waals surface area contributed by atoms with Crippen LogP contribution in [0.2, 0.25) is 0 Å². The van der Waals surface area contributed by atoms with Gasteiger partial charge in [-0.05, 0) is 64.7 Å². The smallest absolute Gasteiger partial charge is 0.261 e. The van der Waals surface area contributed by atoms with Crippen molar-refractivity contribution in [3.8, 4) is 21.9 Å². The number of aromatic hydroxyl groups is 1. The van der Waals surface area contributed by atoms with Crippen molar-refractivity contribution >= 4 is 23.0 Å². The number of methoxy groups -OCH3 is 1. The first-order valence-corrected chi connectivity index (χ1v) is 12.6. The molecule has 1 aliphatic rings. The molecule has 1 aromatic heterocycles. The van der Waals surface area contributed by atoms with Crippen LogP contribution in [0.25, 0.3) is 10.4 Å². The molecule has 2 aromatic carbocycles. The first kappa shape index (κ1) is 25.9. The van der Waals surface area contributed by atoms with E-state index < -0.39 is 6.04 Å². The molecule has 0 radical (unpaired) electrons. The van der Waals surface area contributed by atoms with Crippen molar-refractivity contribution < 1.29 is 14.6 Å². The van der Waals surface area contributed by atoms with Crippen LogP contribution in [0, 0.1) is 5.41 Å². The van der Waals surface area contributed by atoms with E-state index in [1.165, 1.54) is 11.3 Å². The molecule has 1 amide bonds. The number of hydrogen-bond donors (Lipinski definition) is 4. The molecule has 1 atom stereocenters. The summed E-state index contributed by atoms with van der Waals surface area (Å²) < 4.78 is 5.30. The van der Waals surface area contributed by atoms with Crippen LogP contribution in [0.4, 0.5) is 0 Å². The maximum atomic E-state index is 13.4. The van der Waals surface area contributed by atoms with Crippen LogP contribution in [0.5, 0.6) is 11.5 Å². The lowest BCUT2D eigenvalue weighted by Crippen LogP contribution is -2.30. The van der Waals surface area contributed by atoms with E-state index in [0.29, 0.717) is 28.3 Å². The van der Waals surface area contributed by atoms with Crippen molar-refractivity contribution in [2.24, 2.45) is 5.73 Å². The van der Waals surface area contributed by atoms with E-state index in [1.54, 1.807) is 37.4 Å². The predicted octanol–water partition coefficient (Wildman–Crippen LogP) is 6.08. The number of allylic oxidation sites excluding steroid dienone is 7. The zero-order valence-corrected chi connectivity index (χ0v) is 21.3. The summed E-state index contributed by atoms with van der Waals surface area (Å²) in [4.78, 5) is 14.8. The third kappa shape index (κ3) is 6.14. The summed E-state index contributed by atoms with van der Waals surface area (Å²) in [5.74, 6) is 0.510. The van der Waals surface area contributed by atoms with Crippen LogP contribution in [0.1, 0.15) is 33.3 Å². The largest absolute Gasteiger partial charge is 0.508 e. The Labute approximate surface area is 220 Å². The number of phenols is 1. The molecule has 5 N–H and O–H groups in total. The molecule has 1 unspecified atom stereocenters. The van der Waals surface area contributed by atoms with E-state index in [0.717, 1.165) is 27.3 Å². The minimum Gasteiger partial charge on any atom is -0.508 e. The van der Waals surface area contributed by atoms with Crippen LogP contribution < -0.4 is 15.8 Å². The van der Waals surface area contributed by atoms with Crippen molar-refractivity contribution in [2.45, 2.75) is 19.0 Å². The second-order valence-electron chi connectivity index (χ2n) is 8.55. The average Bonchev–Trinajstić information content (AvgIpc) is 3.29. The van der Waals surface area contributed by atoms with Gasteiger partial charge in [0, 0.05) is 29.1 Å². The van der Waals surface area contributed by atoms with Gasteiger partial charge in [-0.25, -0.2) is 0 Å². The van der Waals surface area contributed by atoms with Gasteiger partial charge in [-0.1, -0.05) is 49.1 Å². The molecule has 1 heterocycles. The van der Waals surface area contributed by atoms with Crippen LogP contribution in [0.3, 0.4) is 0 Å². The Bertz CT molecular complexity index is 1430. The van der Waals surface area contributed by atoms with Crippen LogP contribution in [-0.4, -0.2) is 23.8 Å². The molecule has 1 aliphatic carbocycles. The molecule has 0 bridgehead atoms. The molecule has 0 fully saturated rings. The fourth-order valence-electron chi connectivity index (χ4n) is 4.11. The summed E-state index contributed by atoms with van der Waals surface area (Å²) >= 11 is 1.36. The molecule has 0 saturated carbocycles. The van der Waals surface area contributed by atoms with Crippen LogP contribution in [0.15, 0.2) is 103 Å². The highest BCUT2D eigenvalue weighted by Gasteiger charge is 2.22. The number of hydrogen-bond acceptors (Lipinski definition) is 6. The van der Waals surface area contributed by atoms with Crippen LogP contribution in [-0.2, 0) is 6.54 Å². The highest BCUT2D eigenvalue weighted by atomic mass is 32.1. The van der Waals surface area contributed by atoms with Gasteiger partial charge in [-0.2, -0.15) is 0 Å².